The average molecular weight is 405 g/mol. The molecule has 1 heterocycles. The molecule has 7 heteroatoms. The van der Waals surface area contributed by atoms with Crippen LogP contribution in [0.25, 0.3) is 0 Å². The number of ether oxygens (including phenoxy) is 3. The lowest BCUT2D eigenvalue weighted by atomic mass is 10.1. The van der Waals surface area contributed by atoms with Gasteiger partial charge in [-0.05, 0) is 38.1 Å². The summed E-state index contributed by atoms with van der Waals surface area (Å²) in [6, 6.07) is 13.7. The van der Waals surface area contributed by atoms with Gasteiger partial charge in [0.05, 0.1) is 11.1 Å². The number of aryl methyl sites for hydroxylation is 2. The van der Waals surface area contributed by atoms with Gasteiger partial charge in [-0.2, -0.15) is 0 Å². The predicted octanol–water partition coefficient (Wildman–Crippen LogP) is 3.01. The molecule has 2 aromatic rings. The molecule has 3 rings (SSSR count). The maximum Gasteiger partial charge on any atom is 0.338 e. The van der Waals surface area contributed by atoms with Crippen LogP contribution in [0, 0.1) is 13.8 Å². The Kier molecular flexibility index (Phi) is 6.34. The standard InChI is InChI=1S/C21H21ClO6/c1-12-3-7-14(8-4-12)20(24)26-11-16-18(17(23)19(22)27-16)28-21(25)15-9-5-13(2)6-10-15/h3-10,16-19,23H,11H2,1-2H3/t16-,17-,18-,19+/m1/s1. The topological polar surface area (TPSA) is 82.1 Å². The lowest BCUT2D eigenvalue weighted by Crippen LogP contribution is -2.38. The van der Waals surface area contributed by atoms with Crippen molar-refractivity contribution in [1.82, 2.24) is 0 Å². The molecule has 0 bridgehead atoms. The highest BCUT2D eigenvalue weighted by atomic mass is 35.5. The zero-order chi connectivity index (χ0) is 20.3. The molecule has 0 saturated carbocycles. The third-order valence-electron chi connectivity index (χ3n) is 4.47. The molecule has 0 unspecified atom stereocenters. The summed E-state index contributed by atoms with van der Waals surface area (Å²) in [6.07, 6.45) is -3.16. The van der Waals surface area contributed by atoms with Crippen LogP contribution in [-0.4, -0.2) is 47.5 Å². The molecule has 0 radical (unpaired) electrons. The van der Waals surface area contributed by atoms with Crippen LogP contribution in [0.1, 0.15) is 31.8 Å². The summed E-state index contributed by atoms with van der Waals surface area (Å²) in [5.41, 5.74) is 1.68. The number of hydrogen-bond acceptors (Lipinski definition) is 6. The van der Waals surface area contributed by atoms with Gasteiger partial charge in [0.2, 0.25) is 0 Å². The van der Waals surface area contributed by atoms with E-state index in [9.17, 15) is 14.7 Å². The second-order valence-electron chi connectivity index (χ2n) is 6.72. The second kappa shape index (κ2) is 8.73. The average Bonchev–Trinajstić information content (AvgIpc) is 2.95. The van der Waals surface area contributed by atoms with E-state index in [0.29, 0.717) is 11.1 Å². The second-order valence-corrected chi connectivity index (χ2v) is 7.15. The van der Waals surface area contributed by atoms with Gasteiger partial charge in [-0.1, -0.05) is 47.0 Å². The summed E-state index contributed by atoms with van der Waals surface area (Å²) >= 11 is 5.95. The lowest BCUT2D eigenvalue weighted by Gasteiger charge is -2.20. The normalized spacial score (nSPS) is 24.0. The Balaban J connectivity index is 1.63. The number of rotatable bonds is 5. The monoisotopic (exact) mass is 404 g/mol. The number of esters is 2. The first kappa shape index (κ1) is 20.3. The third-order valence-corrected chi connectivity index (χ3v) is 4.83. The number of halogens is 1. The minimum atomic E-state index is -1.24. The van der Waals surface area contributed by atoms with Crippen molar-refractivity contribution >= 4 is 23.5 Å². The fraction of sp³-hybridized carbons (Fsp3) is 0.333. The Morgan fingerprint density at radius 2 is 1.46 bits per heavy atom. The van der Waals surface area contributed by atoms with Gasteiger partial charge in [0, 0.05) is 0 Å². The number of benzene rings is 2. The Bertz CT molecular complexity index is 833. The van der Waals surface area contributed by atoms with Crippen LogP contribution in [0.5, 0.6) is 0 Å². The molecule has 1 aliphatic heterocycles. The largest absolute Gasteiger partial charge is 0.459 e. The Morgan fingerprint density at radius 1 is 0.964 bits per heavy atom. The van der Waals surface area contributed by atoms with E-state index in [1.165, 1.54) is 0 Å². The van der Waals surface area contributed by atoms with E-state index < -0.39 is 35.8 Å². The highest BCUT2D eigenvalue weighted by molar-refractivity contribution is 6.20. The Hall–Kier alpha value is -2.41. The van der Waals surface area contributed by atoms with Crippen LogP contribution < -0.4 is 0 Å². The van der Waals surface area contributed by atoms with Crippen molar-refractivity contribution in [2.75, 3.05) is 6.61 Å². The van der Waals surface area contributed by atoms with Crippen molar-refractivity contribution in [2.45, 2.75) is 37.7 Å². The first-order valence-electron chi connectivity index (χ1n) is 8.84. The minimum Gasteiger partial charge on any atom is -0.459 e. The molecule has 1 fully saturated rings. The summed E-state index contributed by atoms with van der Waals surface area (Å²) in [5.74, 6) is -1.16. The zero-order valence-electron chi connectivity index (χ0n) is 15.5. The van der Waals surface area contributed by atoms with Crippen molar-refractivity contribution < 1.29 is 28.9 Å². The summed E-state index contributed by atoms with van der Waals surface area (Å²) in [7, 11) is 0. The molecule has 1 saturated heterocycles. The van der Waals surface area contributed by atoms with Gasteiger partial charge in [0.15, 0.2) is 11.7 Å². The third kappa shape index (κ3) is 4.70. The number of carbonyl (C=O) groups is 2. The maximum absolute atomic E-state index is 12.4. The van der Waals surface area contributed by atoms with Gasteiger partial charge in [0.1, 0.15) is 18.8 Å². The molecular weight excluding hydrogens is 384 g/mol. The van der Waals surface area contributed by atoms with Crippen molar-refractivity contribution in [3.05, 3.63) is 70.8 Å². The van der Waals surface area contributed by atoms with Crippen LogP contribution in [0.15, 0.2) is 48.5 Å². The number of aliphatic hydroxyl groups is 1. The smallest absolute Gasteiger partial charge is 0.338 e. The lowest BCUT2D eigenvalue weighted by molar-refractivity contribution is -0.0392. The molecule has 4 atom stereocenters. The number of alkyl halides is 1. The molecule has 6 nitrogen and oxygen atoms in total. The predicted molar refractivity (Wildman–Crippen MR) is 102 cm³/mol. The van der Waals surface area contributed by atoms with Gasteiger partial charge in [-0.15, -0.1) is 0 Å². The van der Waals surface area contributed by atoms with E-state index in [4.69, 9.17) is 25.8 Å². The van der Waals surface area contributed by atoms with E-state index >= 15 is 0 Å². The number of hydrogen-bond donors (Lipinski definition) is 1. The summed E-state index contributed by atoms with van der Waals surface area (Å²) in [6.45, 7) is 3.61. The quantitative estimate of drug-likeness (QED) is 0.609. The molecule has 2 aromatic carbocycles. The molecule has 1 N–H and O–H groups in total. The highest BCUT2D eigenvalue weighted by Gasteiger charge is 2.46. The Labute approximate surface area is 168 Å². The van der Waals surface area contributed by atoms with Crippen molar-refractivity contribution in [2.24, 2.45) is 0 Å². The zero-order valence-corrected chi connectivity index (χ0v) is 16.3. The van der Waals surface area contributed by atoms with E-state index in [2.05, 4.69) is 0 Å². The van der Waals surface area contributed by atoms with E-state index in [1.54, 1.807) is 48.5 Å². The molecule has 0 spiro atoms. The summed E-state index contributed by atoms with van der Waals surface area (Å²) in [5, 5.41) is 10.2. The van der Waals surface area contributed by atoms with Crippen molar-refractivity contribution in [3.63, 3.8) is 0 Å². The van der Waals surface area contributed by atoms with Gasteiger partial charge in [-0.3, -0.25) is 0 Å². The van der Waals surface area contributed by atoms with Crippen LogP contribution >= 0.6 is 11.6 Å². The maximum atomic E-state index is 12.4. The molecule has 148 valence electrons. The summed E-state index contributed by atoms with van der Waals surface area (Å²) in [4.78, 5) is 24.5. The van der Waals surface area contributed by atoms with Crippen molar-refractivity contribution in [3.8, 4) is 0 Å². The molecule has 1 aliphatic rings. The van der Waals surface area contributed by atoms with E-state index in [-0.39, 0.29) is 6.61 Å². The van der Waals surface area contributed by atoms with Gasteiger partial charge >= 0.3 is 11.9 Å². The summed E-state index contributed by atoms with van der Waals surface area (Å²) < 4.78 is 16.1. The minimum absolute atomic E-state index is 0.209. The van der Waals surface area contributed by atoms with E-state index in [1.807, 2.05) is 13.8 Å². The first-order valence-corrected chi connectivity index (χ1v) is 9.28. The number of carbonyl (C=O) groups excluding carboxylic acids is 2. The number of aliphatic hydroxyl groups excluding tert-OH is 1. The molecular formula is C21H21ClO6. The fourth-order valence-corrected chi connectivity index (χ4v) is 3.06. The molecule has 28 heavy (non-hydrogen) atoms. The van der Waals surface area contributed by atoms with Crippen LogP contribution in [0.2, 0.25) is 0 Å². The highest BCUT2D eigenvalue weighted by Crippen LogP contribution is 2.28. The van der Waals surface area contributed by atoms with Crippen LogP contribution in [-0.2, 0) is 14.2 Å². The van der Waals surface area contributed by atoms with E-state index in [0.717, 1.165) is 11.1 Å². The Morgan fingerprint density at radius 3 is 2.00 bits per heavy atom. The van der Waals surface area contributed by atoms with Crippen LogP contribution in [0.3, 0.4) is 0 Å². The van der Waals surface area contributed by atoms with Crippen molar-refractivity contribution in [1.29, 1.82) is 0 Å². The molecule has 0 aromatic heterocycles. The fourth-order valence-electron chi connectivity index (χ4n) is 2.79. The van der Waals surface area contributed by atoms with Gasteiger partial charge in [-0.25, -0.2) is 9.59 Å². The molecule has 0 aliphatic carbocycles. The molecule has 0 amide bonds. The van der Waals surface area contributed by atoms with Gasteiger partial charge in [0.25, 0.3) is 0 Å². The van der Waals surface area contributed by atoms with Gasteiger partial charge < -0.3 is 19.3 Å². The van der Waals surface area contributed by atoms with Crippen LogP contribution in [0.4, 0.5) is 0 Å². The first-order chi connectivity index (χ1) is 13.3. The SMILES string of the molecule is Cc1ccc(C(=O)OC[C@H]2O[C@H](Cl)[C@H](O)[C@@H]2OC(=O)c2ccc(C)cc2)cc1.